The van der Waals surface area contributed by atoms with Crippen LogP contribution in [0.5, 0.6) is 0 Å². The molecule has 0 aliphatic heterocycles. The molecule has 0 heterocycles. The quantitative estimate of drug-likeness (QED) is 0.446. The molecule has 0 N–H and O–H groups in total. The van der Waals surface area contributed by atoms with Crippen molar-refractivity contribution in [3.05, 3.63) is 0 Å². The first kappa shape index (κ1) is 10.8. The Kier molecular flexibility index (Phi) is 4.52. The summed E-state index contributed by atoms with van der Waals surface area (Å²) in [6.07, 6.45) is 6.22. The number of terminal acetylenes is 1. The first-order chi connectivity index (χ1) is 4.98. The zero-order chi connectivity index (χ0) is 8.91. The van der Waals surface area contributed by atoms with E-state index in [1.807, 2.05) is 0 Å². The Morgan fingerprint density at radius 3 is 2.27 bits per heavy atom. The van der Waals surface area contributed by atoms with Gasteiger partial charge in [-0.15, -0.1) is 12.3 Å². The average Bonchev–Trinajstić information content (AvgIpc) is 1.81. The van der Waals surface area contributed by atoms with Crippen LogP contribution >= 0.6 is 0 Å². The molecule has 0 spiro atoms. The van der Waals surface area contributed by atoms with E-state index in [9.17, 15) is 0 Å². The Labute approximate surface area is 72.4 Å². The molecule has 0 aromatic rings. The van der Waals surface area contributed by atoms with Gasteiger partial charge in [-0.25, -0.2) is 0 Å². The third-order valence-corrected chi connectivity index (χ3v) is 5.43. The van der Waals surface area contributed by atoms with Crippen LogP contribution in [-0.4, -0.2) is 8.07 Å². The Hall–Kier alpha value is -0.223. The third kappa shape index (κ3) is 6.19. The molecule has 0 fully saturated rings. The molecule has 0 radical (unpaired) electrons. The van der Waals surface area contributed by atoms with Crippen molar-refractivity contribution >= 4 is 8.07 Å². The van der Waals surface area contributed by atoms with Gasteiger partial charge >= 0.3 is 0 Å². The predicted molar refractivity (Wildman–Crippen MR) is 55.4 cm³/mol. The highest BCUT2D eigenvalue weighted by Gasteiger charge is 2.20. The van der Waals surface area contributed by atoms with Crippen molar-refractivity contribution in [1.82, 2.24) is 0 Å². The molecule has 0 rings (SSSR count). The lowest BCUT2D eigenvalue weighted by Crippen LogP contribution is -2.26. The van der Waals surface area contributed by atoms with Crippen molar-refractivity contribution in [3.8, 4) is 12.3 Å². The summed E-state index contributed by atoms with van der Waals surface area (Å²) < 4.78 is 0. The molecule has 0 saturated heterocycles. The van der Waals surface area contributed by atoms with Crippen molar-refractivity contribution in [1.29, 1.82) is 0 Å². The predicted octanol–water partition coefficient (Wildman–Crippen LogP) is 3.37. The van der Waals surface area contributed by atoms with E-state index >= 15 is 0 Å². The van der Waals surface area contributed by atoms with E-state index in [1.165, 1.54) is 12.1 Å². The Morgan fingerprint density at radius 2 is 1.91 bits per heavy atom. The number of hydrogen-bond donors (Lipinski definition) is 0. The minimum Gasteiger partial charge on any atom is -0.120 e. The molecule has 0 aromatic carbocycles. The van der Waals surface area contributed by atoms with Gasteiger partial charge < -0.3 is 0 Å². The Morgan fingerprint density at radius 1 is 1.36 bits per heavy atom. The fraction of sp³-hybridized carbons (Fsp3) is 0.800. The van der Waals surface area contributed by atoms with Gasteiger partial charge in [0.2, 0.25) is 0 Å². The molecule has 0 amide bonds. The summed E-state index contributed by atoms with van der Waals surface area (Å²) in [6.45, 7) is 9.46. The van der Waals surface area contributed by atoms with E-state index in [1.54, 1.807) is 0 Å². The van der Waals surface area contributed by atoms with E-state index in [0.717, 1.165) is 12.3 Å². The fourth-order valence-corrected chi connectivity index (χ4v) is 4.85. The van der Waals surface area contributed by atoms with Crippen molar-refractivity contribution in [3.63, 3.8) is 0 Å². The molecule has 11 heavy (non-hydrogen) atoms. The van der Waals surface area contributed by atoms with E-state index in [2.05, 4.69) is 32.9 Å². The molecule has 1 heteroatoms. The highest BCUT2D eigenvalue weighted by Crippen LogP contribution is 2.21. The summed E-state index contributed by atoms with van der Waals surface area (Å²) in [5.41, 5.74) is 0. The van der Waals surface area contributed by atoms with Gasteiger partial charge in [-0.05, 0) is 12.0 Å². The first-order valence-corrected chi connectivity index (χ1v) is 7.83. The normalized spacial score (nSPS) is 11.6. The average molecular weight is 168 g/mol. The van der Waals surface area contributed by atoms with Crippen LogP contribution in [0.1, 0.15) is 20.3 Å². The lowest BCUT2D eigenvalue weighted by atomic mass is 10.3. The van der Waals surface area contributed by atoms with Crippen LogP contribution in [-0.2, 0) is 0 Å². The topological polar surface area (TPSA) is 0 Å². The summed E-state index contributed by atoms with van der Waals surface area (Å²) >= 11 is 0. The summed E-state index contributed by atoms with van der Waals surface area (Å²) in [4.78, 5) is 0. The van der Waals surface area contributed by atoms with Gasteiger partial charge in [-0.3, -0.25) is 0 Å². The lowest BCUT2D eigenvalue weighted by molar-refractivity contribution is 0.717. The summed E-state index contributed by atoms with van der Waals surface area (Å²) in [6, 6.07) is 2.70. The van der Waals surface area contributed by atoms with Crippen LogP contribution in [0.2, 0.25) is 25.2 Å². The summed E-state index contributed by atoms with van der Waals surface area (Å²) in [5.74, 6) is 3.57. The molecule has 0 aliphatic carbocycles. The lowest BCUT2D eigenvalue weighted by Gasteiger charge is -2.23. The fourth-order valence-electron chi connectivity index (χ4n) is 1.62. The van der Waals surface area contributed by atoms with E-state index < -0.39 is 8.07 Å². The molecule has 0 aliphatic rings. The van der Waals surface area contributed by atoms with Gasteiger partial charge in [0.25, 0.3) is 0 Å². The molecule has 0 nitrogen and oxygen atoms in total. The van der Waals surface area contributed by atoms with Crippen molar-refractivity contribution < 1.29 is 0 Å². The number of hydrogen-bond acceptors (Lipinski definition) is 0. The van der Waals surface area contributed by atoms with Gasteiger partial charge in [0.1, 0.15) is 0 Å². The molecule has 0 aromatic heterocycles. The molecular weight excluding hydrogens is 148 g/mol. The van der Waals surface area contributed by atoms with E-state index in [-0.39, 0.29) is 0 Å². The maximum atomic E-state index is 5.24. The highest BCUT2D eigenvalue weighted by atomic mass is 28.3. The Balaban J connectivity index is 3.72. The Bertz CT molecular complexity index is 139. The van der Waals surface area contributed by atoms with Crippen LogP contribution in [0.3, 0.4) is 0 Å². The zero-order valence-corrected chi connectivity index (χ0v) is 9.28. The smallest absolute Gasteiger partial charge is 0.0485 e. The maximum absolute atomic E-state index is 5.24. The molecule has 64 valence electrons. The van der Waals surface area contributed by atoms with Crippen LogP contribution in [0.25, 0.3) is 0 Å². The second-order valence-electron chi connectivity index (χ2n) is 4.47. The number of rotatable bonds is 4. The molecule has 0 atom stereocenters. The van der Waals surface area contributed by atoms with Crippen molar-refractivity contribution in [2.75, 3.05) is 0 Å². The second kappa shape index (κ2) is 4.61. The third-order valence-electron chi connectivity index (χ3n) is 1.91. The van der Waals surface area contributed by atoms with Crippen LogP contribution in [0.4, 0.5) is 0 Å². The largest absolute Gasteiger partial charge is 0.120 e. The zero-order valence-electron chi connectivity index (χ0n) is 8.28. The van der Waals surface area contributed by atoms with Gasteiger partial charge in [0.15, 0.2) is 0 Å². The second-order valence-corrected chi connectivity index (χ2v) is 9.70. The minimum absolute atomic E-state index is 0.842. The molecule has 0 saturated carbocycles. The van der Waals surface area contributed by atoms with Crippen LogP contribution in [0.15, 0.2) is 0 Å². The first-order valence-electron chi connectivity index (χ1n) is 4.41. The molecule has 0 bridgehead atoms. The van der Waals surface area contributed by atoms with Crippen LogP contribution in [0, 0.1) is 18.3 Å². The minimum atomic E-state index is -0.930. The van der Waals surface area contributed by atoms with Crippen molar-refractivity contribution in [2.24, 2.45) is 5.92 Å². The van der Waals surface area contributed by atoms with Gasteiger partial charge in [-0.1, -0.05) is 33.0 Å². The summed E-state index contributed by atoms with van der Waals surface area (Å²) in [5, 5.41) is 0. The van der Waals surface area contributed by atoms with Gasteiger partial charge in [-0.2, -0.15) is 0 Å². The van der Waals surface area contributed by atoms with E-state index in [0.29, 0.717) is 0 Å². The molecule has 0 unspecified atom stereocenters. The maximum Gasteiger partial charge on any atom is 0.0485 e. The SMILES string of the molecule is C#CCC[Si](C)(C)CC(C)C. The molecular formula is C10H20Si. The van der Waals surface area contributed by atoms with Crippen molar-refractivity contribution in [2.45, 2.75) is 45.5 Å². The standard InChI is InChI=1S/C10H20Si/c1-6-7-8-11(4,5)9-10(2)3/h1,10H,7-9H2,2-5H3. The monoisotopic (exact) mass is 168 g/mol. The van der Waals surface area contributed by atoms with Gasteiger partial charge in [0.05, 0.1) is 0 Å². The highest BCUT2D eigenvalue weighted by molar-refractivity contribution is 6.77. The van der Waals surface area contributed by atoms with E-state index in [4.69, 9.17) is 6.42 Å². The summed E-state index contributed by atoms with van der Waals surface area (Å²) in [7, 11) is -0.930. The van der Waals surface area contributed by atoms with Gasteiger partial charge in [0, 0.05) is 14.5 Å². The van der Waals surface area contributed by atoms with Crippen LogP contribution < -0.4 is 0 Å².